The van der Waals surface area contributed by atoms with Crippen molar-refractivity contribution in [1.29, 1.82) is 0 Å². The molecule has 0 spiro atoms. The van der Waals surface area contributed by atoms with E-state index in [4.69, 9.17) is 0 Å². The summed E-state index contributed by atoms with van der Waals surface area (Å²) in [7, 11) is -4.32. The molecular weight excluding hydrogens is 320 g/mol. The van der Waals surface area contributed by atoms with E-state index in [1.807, 2.05) is 0 Å². The van der Waals surface area contributed by atoms with Gasteiger partial charge in [-0.15, -0.1) is 0 Å². The second-order valence-electron chi connectivity index (χ2n) is 4.32. The Kier molecular flexibility index (Phi) is 4.09. The van der Waals surface area contributed by atoms with Crippen molar-refractivity contribution in [3.63, 3.8) is 0 Å². The molecule has 2 aromatic rings. The summed E-state index contributed by atoms with van der Waals surface area (Å²) in [5, 5.41) is 10.7. The molecule has 0 heterocycles. The SMILES string of the molecule is Cc1cc(S(=O)(=O)Oc2ccc(F)c(F)c2)ccc1[N+](=O)[O-]. The molecule has 0 unspecified atom stereocenters. The van der Waals surface area contributed by atoms with Gasteiger partial charge < -0.3 is 4.18 Å². The molecule has 0 radical (unpaired) electrons. The van der Waals surface area contributed by atoms with Crippen molar-refractivity contribution in [2.75, 3.05) is 0 Å². The van der Waals surface area contributed by atoms with E-state index in [9.17, 15) is 27.3 Å². The highest BCUT2D eigenvalue weighted by Crippen LogP contribution is 2.25. The number of rotatable bonds is 4. The van der Waals surface area contributed by atoms with E-state index in [2.05, 4.69) is 4.18 Å². The maximum Gasteiger partial charge on any atom is 0.339 e. The lowest BCUT2D eigenvalue weighted by Crippen LogP contribution is -2.10. The molecule has 0 N–H and O–H groups in total. The second-order valence-corrected chi connectivity index (χ2v) is 5.87. The minimum Gasteiger partial charge on any atom is -0.379 e. The fraction of sp³-hybridized carbons (Fsp3) is 0.0769. The molecule has 0 aromatic heterocycles. The van der Waals surface area contributed by atoms with Crippen LogP contribution < -0.4 is 4.18 Å². The van der Waals surface area contributed by atoms with Crippen molar-refractivity contribution < 1.29 is 26.3 Å². The highest BCUT2D eigenvalue weighted by atomic mass is 32.2. The summed E-state index contributed by atoms with van der Waals surface area (Å²) in [6.45, 7) is 1.37. The third-order valence-electron chi connectivity index (χ3n) is 2.75. The first-order valence-electron chi connectivity index (χ1n) is 5.85. The molecule has 0 saturated carbocycles. The lowest BCUT2D eigenvalue weighted by atomic mass is 10.2. The summed E-state index contributed by atoms with van der Waals surface area (Å²) in [6, 6.07) is 5.35. The van der Waals surface area contributed by atoms with Crippen LogP contribution in [0.4, 0.5) is 14.5 Å². The Morgan fingerprint density at radius 2 is 1.77 bits per heavy atom. The van der Waals surface area contributed by atoms with Gasteiger partial charge in [-0.2, -0.15) is 8.42 Å². The van der Waals surface area contributed by atoms with E-state index in [1.165, 1.54) is 6.92 Å². The largest absolute Gasteiger partial charge is 0.379 e. The van der Waals surface area contributed by atoms with Crippen molar-refractivity contribution in [1.82, 2.24) is 0 Å². The fourth-order valence-electron chi connectivity index (χ4n) is 1.69. The Bertz CT molecular complexity index is 852. The summed E-state index contributed by atoms with van der Waals surface area (Å²) < 4.78 is 54.5. The standard InChI is InChI=1S/C13H9F2NO5S/c1-8-6-10(3-5-13(8)16(17)18)22(19,20)21-9-2-4-11(14)12(15)7-9/h2-7H,1H3. The third kappa shape index (κ3) is 3.19. The number of nitro benzene ring substituents is 1. The lowest BCUT2D eigenvalue weighted by Gasteiger charge is -2.08. The zero-order valence-corrected chi connectivity index (χ0v) is 11.9. The smallest absolute Gasteiger partial charge is 0.339 e. The molecule has 0 amide bonds. The molecule has 9 heteroatoms. The van der Waals surface area contributed by atoms with Gasteiger partial charge in [-0.25, -0.2) is 8.78 Å². The van der Waals surface area contributed by atoms with Gasteiger partial charge in [0.25, 0.3) is 5.69 Å². The number of nitro groups is 1. The molecule has 0 saturated heterocycles. The van der Waals surface area contributed by atoms with Gasteiger partial charge in [0.2, 0.25) is 0 Å². The van der Waals surface area contributed by atoms with Gasteiger partial charge in [0.05, 0.1) is 4.92 Å². The fourth-order valence-corrected chi connectivity index (χ4v) is 2.70. The van der Waals surface area contributed by atoms with Crippen molar-refractivity contribution in [3.8, 4) is 5.75 Å². The Balaban J connectivity index is 2.36. The van der Waals surface area contributed by atoms with Crippen LogP contribution in [0.2, 0.25) is 0 Å². The van der Waals surface area contributed by atoms with Crippen molar-refractivity contribution in [3.05, 3.63) is 63.7 Å². The monoisotopic (exact) mass is 329 g/mol. The first kappa shape index (κ1) is 15.8. The van der Waals surface area contributed by atoms with Gasteiger partial charge in [0, 0.05) is 17.7 Å². The maximum atomic E-state index is 13.0. The average Bonchev–Trinajstić information content (AvgIpc) is 2.42. The van der Waals surface area contributed by atoms with E-state index in [0.717, 1.165) is 30.3 Å². The van der Waals surface area contributed by atoms with Crippen molar-refractivity contribution >= 4 is 15.8 Å². The van der Waals surface area contributed by atoms with Gasteiger partial charge in [-0.1, -0.05) is 0 Å². The van der Waals surface area contributed by atoms with Crippen LogP contribution in [-0.2, 0) is 10.1 Å². The maximum absolute atomic E-state index is 13.0. The minimum absolute atomic E-state index is 0.125. The number of nitrogens with zero attached hydrogens (tertiary/aromatic N) is 1. The molecule has 0 fully saturated rings. The molecule has 0 aliphatic heterocycles. The Hall–Kier alpha value is -2.55. The van der Waals surface area contributed by atoms with Crippen LogP contribution >= 0.6 is 0 Å². The van der Waals surface area contributed by atoms with Gasteiger partial charge in [-0.05, 0) is 31.2 Å². The molecular formula is C13H9F2NO5S. The Morgan fingerprint density at radius 3 is 2.32 bits per heavy atom. The van der Waals surface area contributed by atoms with Crippen LogP contribution in [0.5, 0.6) is 5.75 Å². The highest BCUT2D eigenvalue weighted by Gasteiger charge is 2.21. The van der Waals surface area contributed by atoms with Crippen LogP contribution in [0.25, 0.3) is 0 Å². The highest BCUT2D eigenvalue weighted by molar-refractivity contribution is 7.87. The molecule has 22 heavy (non-hydrogen) atoms. The van der Waals surface area contributed by atoms with E-state index in [0.29, 0.717) is 6.07 Å². The van der Waals surface area contributed by atoms with Crippen molar-refractivity contribution in [2.45, 2.75) is 11.8 Å². The van der Waals surface area contributed by atoms with Gasteiger partial charge in [-0.3, -0.25) is 10.1 Å². The van der Waals surface area contributed by atoms with E-state index < -0.39 is 32.4 Å². The number of benzene rings is 2. The Labute approximate surface area is 124 Å². The third-order valence-corrected chi connectivity index (χ3v) is 3.99. The van der Waals surface area contributed by atoms with Crippen molar-refractivity contribution in [2.24, 2.45) is 0 Å². The summed E-state index contributed by atoms with van der Waals surface area (Å²) >= 11 is 0. The Morgan fingerprint density at radius 1 is 1.09 bits per heavy atom. The first-order chi connectivity index (χ1) is 10.2. The molecule has 116 valence electrons. The zero-order valence-electron chi connectivity index (χ0n) is 11.1. The predicted molar refractivity (Wildman–Crippen MR) is 72.0 cm³/mol. The van der Waals surface area contributed by atoms with E-state index in [1.54, 1.807) is 0 Å². The minimum atomic E-state index is -4.32. The van der Waals surface area contributed by atoms with E-state index >= 15 is 0 Å². The molecule has 2 rings (SSSR count). The van der Waals surface area contributed by atoms with Crippen LogP contribution in [0.3, 0.4) is 0 Å². The second kappa shape index (κ2) is 5.68. The summed E-state index contributed by atoms with van der Waals surface area (Å²) in [6.07, 6.45) is 0. The van der Waals surface area contributed by atoms with E-state index in [-0.39, 0.29) is 16.1 Å². The summed E-state index contributed by atoms with van der Waals surface area (Å²) in [4.78, 5) is 9.71. The quantitative estimate of drug-likeness (QED) is 0.489. The van der Waals surface area contributed by atoms with Gasteiger partial charge >= 0.3 is 10.1 Å². The normalized spacial score (nSPS) is 11.2. The van der Waals surface area contributed by atoms with Crippen LogP contribution in [0.15, 0.2) is 41.3 Å². The van der Waals surface area contributed by atoms with Crippen LogP contribution in [0.1, 0.15) is 5.56 Å². The number of aryl methyl sites for hydroxylation is 1. The molecule has 0 atom stereocenters. The van der Waals surface area contributed by atoms with Gasteiger partial charge in [0.15, 0.2) is 11.6 Å². The number of halogens is 2. The number of hydrogen-bond acceptors (Lipinski definition) is 5. The van der Waals surface area contributed by atoms with Gasteiger partial charge in [0.1, 0.15) is 10.6 Å². The topological polar surface area (TPSA) is 86.5 Å². The molecule has 6 nitrogen and oxygen atoms in total. The molecule has 0 aliphatic carbocycles. The lowest BCUT2D eigenvalue weighted by molar-refractivity contribution is -0.385. The summed E-state index contributed by atoms with van der Waals surface area (Å²) in [5.74, 6) is -2.81. The van der Waals surface area contributed by atoms with Crippen LogP contribution in [0, 0.1) is 28.7 Å². The first-order valence-corrected chi connectivity index (χ1v) is 7.26. The molecule has 2 aromatic carbocycles. The molecule has 0 bridgehead atoms. The predicted octanol–water partition coefficient (Wildman–Crippen LogP) is 2.95. The molecule has 0 aliphatic rings. The van der Waals surface area contributed by atoms with Crippen LogP contribution in [-0.4, -0.2) is 13.3 Å². The number of hydrogen-bond donors (Lipinski definition) is 0. The zero-order chi connectivity index (χ0) is 16.5. The average molecular weight is 329 g/mol. The summed E-state index contributed by atoms with van der Waals surface area (Å²) in [5.41, 5.74) is -0.119.